The molecule has 1 aromatic rings. The van der Waals surface area contributed by atoms with Crippen LogP contribution in [-0.2, 0) is 10.0 Å². The number of Topliss-reactive ketones (excluding diaryl/α,β-unsaturated/α-hetero) is 1. The number of sulfonamides is 1. The topological polar surface area (TPSA) is 63.2 Å². The summed E-state index contributed by atoms with van der Waals surface area (Å²) >= 11 is 0. The van der Waals surface area contributed by atoms with Gasteiger partial charge in [0.1, 0.15) is 0 Å². The van der Waals surface area contributed by atoms with Gasteiger partial charge in [-0.3, -0.25) is 4.79 Å². The van der Waals surface area contributed by atoms with E-state index in [-0.39, 0.29) is 10.5 Å². The van der Waals surface area contributed by atoms with Gasteiger partial charge >= 0.3 is 0 Å². The Labute approximate surface area is 106 Å². The molecule has 0 aliphatic rings. The molecule has 0 radical (unpaired) electrons. The zero-order valence-electron chi connectivity index (χ0n) is 10.5. The average Bonchev–Trinajstić information content (AvgIpc) is 2.25. The van der Waals surface area contributed by atoms with Crippen LogP contribution in [0.3, 0.4) is 0 Å². The maximum absolute atomic E-state index is 12.4. The smallest absolute Gasteiger partial charge is 0.241 e. The highest BCUT2D eigenvalue weighted by atomic mass is 32.2. The number of ketones is 1. The van der Waals surface area contributed by atoms with Crippen molar-refractivity contribution in [3.63, 3.8) is 0 Å². The lowest BCUT2D eigenvalue weighted by Crippen LogP contribution is -2.41. The first-order valence-corrected chi connectivity index (χ1v) is 6.88. The average molecular weight is 273 g/mol. The van der Waals surface area contributed by atoms with Crippen molar-refractivity contribution in [2.45, 2.75) is 31.2 Å². The van der Waals surface area contributed by atoms with Crippen LogP contribution < -0.4 is 4.72 Å². The molecule has 1 rings (SSSR count). The number of hydrogen-bond acceptors (Lipinski definition) is 3. The minimum absolute atomic E-state index is 0.128. The van der Waals surface area contributed by atoms with Crippen LogP contribution in [0.1, 0.15) is 31.1 Å². The van der Waals surface area contributed by atoms with E-state index in [4.69, 9.17) is 0 Å². The largest absolute Gasteiger partial charge is 0.291 e. The fraction of sp³-hybridized carbons (Fsp3) is 0.417. The maximum atomic E-state index is 12.4. The zero-order valence-corrected chi connectivity index (χ0v) is 11.3. The second-order valence-corrected chi connectivity index (χ2v) is 6.56. The van der Waals surface area contributed by atoms with E-state index in [0.717, 1.165) is 0 Å². The van der Waals surface area contributed by atoms with Crippen LogP contribution in [0, 0.1) is 0 Å². The van der Waals surface area contributed by atoms with Crippen LogP contribution in [0.2, 0.25) is 0 Å². The van der Waals surface area contributed by atoms with Crippen molar-refractivity contribution >= 4 is 15.8 Å². The van der Waals surface area contributed by atoms with Gasteiger partial charge in [0.15, 0.2) is 12.5 Å². The first-order chi connectivity index (χ1) is 8.17. The molecular weight excluding hydrogens is 257 g/mol. The first kappa shape index (κ1) is 14.8. The quantitative estimate of drug-likeness (QED) is 0.852. The highest BCUT2D eigenvalue weighted by Gasteiger charge is 2.26. The van der Waals surface area contributed by atoms with Crippen LogP contribution in [0.5, 0.6) is 0 Å². The molecule has 18 heavy (non-hydrogen) atoms. The van der Waals surface area contributed by atoms with Crippen molar-refractivity contribution in [3.8, 4) is 0 Å². The van der Waals surface area contributed by atoms with E-state index in [0.29, 0.717) is 0 Å². The Morgan fingerprint density at radius 2 is 1.83 bits per heavy atom. The molecule has 0 heterocycles. The third-order valence-corrected chi connectivity index (χ3v) is 3.86. The summed E-state index contributed by atoms with van der Waals surface area (Å²) in [5.41, 5.74) is -0.804. The molecular formula is C12H16FNO3S. The number of halogens is 1. The number of rotatable bonds is 4. The van der Waals surface area contributed by atoms with E-state index in [1.54, 1.807) is 20.8 Å². The second kappa shape index (κ2) is 5.16. The SMILES string of the molecule is CC(C)(C)NS(=O)(=O)c1ccccc1C(=O)CF. The molecule has 0 saturated carbocycles. The van der Waals surface area contributed by atoms with E-state index >= 15 is 0 Å². The summed E-state index contributed by atoms with van der Waals surface area (Å²) in [4.78, 5) is 11.2. The number of carbonyl (C=O) groups is 1. The molecule has 0 aliphatic carbocycles. The summed E-state index contributed by atoms with van der Waals surface area (Å²) in [7, 11) is -3.84. The van der Waals surface area contributed by atoms with Gasteiger partial charge in [-0.05, 0) is 32.9 Å². The van der Waals surface area contributed by atoms with Gasteiger partial charge in [0.25, 0.3) is 0 Å². The number of carbonyl (C=O) groups excluding carboxylic acids is 1. The highest BCUT2D eigenvalue weighted by molar-refractivity contribution is 7.89. The molecule has 0 aliphatic heterocycles. The van der Waals surface area contributed by atoms with Crippen molar-refractivity contribution in [1.29, 1.82) is 0 Å². The summed E-state index contributed by atoms with van der Waals surface area (Å²) in [6, 6.07) is 5.58. The fourth-order valence-electron chi connectivity index (χ4n) is 1.46. The van der Waals surface area contributed by atoms with Crippen LogP contribution in [-0.4, -0.2) is 26.4 Å². The maximum Gasteiger partial charge on any atom is 0.241 e. The van der Waals surface area contributed by atoms with Gasteiger partial charge in [-0.2, -0.15) is 0 Å². The predicted molar refractivity (Wildman–Crippen MR) is 66.8 cm³/mol. The summed E-state index contributed by atoms with van der Waals surface area (Å²) < 4.78 is 39.0. The van der Waals surface area contributed by atoms with E-state index in [2.05, 4.69) is 4.72 Å². The van der Waals surface area contributed by atoms with Gasteiger partial charge in [0.2, 0.25) is 10.0 Å². The van der Waals surface area contributed by atoms with E-state index < -0.39 is 28.0 Å². The lowest BCUT2D eigenvalue weighted by molar-refractivity contribution is 0.0955. The second-order valence-electron chi connectivity index (χ2n) is 4.91. The molecule has 1 aromatic carbocycles. The zero-order chi connectivity index (χ0) is 14.0. The van der Waals surface area contributed by atoms with E-state index in [1.807, 2.05) is 0 Å². The first-order valence-electron chi connectivity index (χ1n) is 5.39. The van der Waals surface area contributed by atoms with Gasteiger partial charge in [0.05, 0.1) is 4.90 Å². The molecule has 0 fully saturated rings. The van der Waals surface area contributed by atoms with Crippen LogP contribution in [0.15, 0.2) is 29.2 Å². The van der Waals surface area contributed by atoms with Crippen molar-refractivity contribution in [3.05, 3.63) is 29.8 Å². The Kier molecular flexibility index (Phi) is 4.24. The molecule has 1 N–H and O–H groups in total. The summed E-state index contributed by atoms with van der Waals surface area (Å²) in [5.74, 6) is -0.843. The van der Waals surface area contributed by atoms with E-state index in [1.165, 1.54) is 24.3 Å². The molecule has 0 unspecified atom stereocenters. The molecule has 0 amide bonds. The van der Waals surface area contributed by atoms with Gasteiger partial charge in [0, 0.05) is 11.1 Å². The van der Waals surface area contributed by atoms with Crippen LogP contribution >= 0.6 is 0 Å². The van der Waals surface area contributed by atoms with Crippen molar-refractivity contribution in [2.24, 2.45) is 0 Å². The van der Waals surface area contributed by atoms with Crippen LogP contribution in [0.25, 0.3) is 0 Å². The lowest BCUT2D eigenvalue weighted by atomic mass is 10.1. The number of hydrogen-bond donors (Lipinski definition) is 1. The van der Waals surface area contributed by atoms with Crippen molar-refractivity contribution < 1.29 is 17.6 Å². The highest BCUT2D eigenvalue weighted by Crippen LogP contribution is 2.18. The van der Waals surface area contributed by atoms with E-state index in [9.17, 15) is 17.6 Å². The minimum Gasteiger partial charge on any atom is -0.291 e. The third-order valence-electron chi connectivity index (χ3n) is 2.04. The van der Waals surface area contributed by atoms with Gasteiger partial charge in [-0.25, -0.2) is 17.5 Å². The standard InChI is InChI=1S/C12H16FNO3S/c1-12(2,3)14-18(16,17)11-7-5-4-6-9(11)10(15)8-13/h4-7,14H,8H2,1-3H3. The predicted octanol–water partition coefficient (Wildman–Crippen LogP) is 1.92. The normalized spacial score (nSPS) is 12.4. The van der Waals surface area contributed by atoms with Gasteiger partial charge < -0.3 is 0 Å². The molecule has 0 bridgehead atoms. The monoisotopic (exact) mass is 273 g/mol. The van der Waals surface area contributed by atoms with Gasteiger partial charge in [-0.15, -0.1) is 0 Å². The number of nitrogens with one attached hydrogen (secondary N) is 1. The number of alkyl halides is 1. The Bertz CT molecular complexity index is 547. The van der Waals surface area contributed by atoms with Crippen LogP contribution in [0.4, 0.5) is 4.39 Å². The lowest BCUT2D eigenvalue weighted by Gasteiger charge is -2.21. The van der Waals surface area contributed by atoms with Gasteiger partial charge in [-0.1, -0.05) is 12.1 Å². The molecule has 0 aromatic heterocycles. The van der Waals surface area contributed by atoms with Crippen molar-refractivity contribution in [1.82, 2.24) is 4.72 Å². The molecule has 100 valence electrons. The molecule has 6 heteroatoms. The minimum atomic E-state index is -3.84. The Balaban J connectivity index is 3.29. The summed E-state index contributed by atoms with van der Waals surface area (Å²) in [6.45, 7) is 3.83. The summed E-state index contributed by atoms with van der Waals surface area (Å²) in [6.07, 6.45) is 0. The van der Waals surface area contributed by atoms with Crippen molar-refractivity contribution in [2.75, 3.05) is 6.67 Å². The Morgan fingerprint density at radius 3 is 2.33 bits per heavy atom. The Morgan fingerprint density at radius 1 is 1.28 bits per heavy atom. The number of benzene rings is 1. The summed E-state index contributed by atoms with van der Waals surface area (Å²) in [5, 5.41) is 0. The molecule has 4 nitrogen and oxygen atoms in total. The molecule has 0 atom stereocenters. The molecule has 0 saturated heterocycles. The fourth-order valence-corrected chi connectivity index (χ4v) is 3.11. The molecule has 0 spiro atoms. The Hall–Kier alpha value is -1.27. The third kappa shape index (κ3) is 3.61.